The van der Waals surface area contributed by atoms with Crippen molar-refractivity contribution in [3.05, 3.63) is 28.2 Å². The number of nitrogens with zero attached hydrogens (tertiary/aromatic N) is 1. The van der Waals surface area contributed by atoms with Crippen LogP contribution in [0, 0.1) is 17.2 Å². The molecule has 16 heavy (non-hydrogen) atoms. The smallest absolute Gasteiger partial charge is 0.227 e. The van der Waals surface area contributed by atoms with Crippen LogP contribution in [0.5, 0.6) is 0 Å². The number of benzene rings is 1. The van der Waals surface area contributed by atoms with Crippen LogP contribution in [0.15, 0.2) is 22.7 Å². The van der Waals surface area contributed by atoms with Gasteiger partial charge in [-0.1, -0.05) is 22.4 Å². The van der Waals surface area contributed by atoms with Crippen LogP contribution in [0.25, 0.3) is 0 Å². The van der Waals surface area contributed by atoms with Gasteiger partial charge in [-0.2, -0.15) is 5.26 Å². The highest BCUT2D eigenvalue weighted by molar-refractivity contribution is 9.10. The molecule has 4 heteroatoms. The summed E-state index contributed by atoms with van der Waals surface area (Å²) in [7, 11) is 0. The van der Waals surface area contributed by atoms with E-state index in [9.17, 15) is 4.79 Å². The molecule has 0 radical (unpaired) electrons. The predicted molar refractivity (Wildman–Crippen MR) is 64.8 cm³/mol. The Hall–Kier alpha value is -1.34. The lowest BCUT2D eigenvalue weighted by Gasteiger charge is -2.24. The van der Waals surface area contributed by atoms with E-state index in [1.165, 1.54) is 0 Å². The first-order valence-electron chi connectivity index (χ1n) is 5.21. The fourth-order valence-corrected chi connectivity index (χ4v) is 1.98. The van der Waals surface area contributed by atoms with E-state index < -0.39 is 0 Å². The monoisotopic (exact) mass is 278 g/mol. The summed E-state index contributed by atoms with van der Waals surface area (Å²) in [5, 5.41) is 11.8. The number of nitrogens with one attached hydrogen (secondary N) is 1. The summed E-state index contributed by atoms with van der Waals surface area (Å²) in [6, 6.07) is 7.34. The normalized spacial score (nSPS) is 15.0. The maximum Gasteiger partial charge on any atom is 0.227 e. The second kappa shape index (κ2) is 4.67. The van der Waals surface area contributed by atoms with E-state index >= 15 is 0 Å². The zero-order chi connectivity index (χ0) is 11.5. The predicted octanol–water partition coefficient (Wildman–Crippen LogP) is 3.06. The van der Waals surface area contributed by atoms with E-state index in [0.29, 0.717) is 11.3 Å². The van der Waals surface area contributed by atoms with Gasteiger partial charge in [0.1, 0.15) is 6.07 Å². The van der Waals surface area contributed by atoms with E-state index in [1.807, 2.05) is 6.07 Å². The molecule has 1 aromatic rings. The molecule has 1 saturated carbocycles. The van der Waals surface area contributed by atoms with E-state index in [4.69, 9.17) is 5.26 Å². The van der Waals surface area contributed by atoms with Gasteiger partial charge in [0.05, 0.1) is 11.3 Å². The van der Waals surface area contributed by atoms with Crippen molar-refractivity contribution in [2.24, 2.45) is 5.92 Å². The van der Waals surface area contributed by atoms with Gasteiger partial charge in [-0.25, -0.2) is 0 Å². The molecule has 1 aliphatic carbocycles. The zero-order valence-corrected chi connectivity index (χ0v) is 10.3. The van der Waals surface area contributed by atoms with E-state index in [1.54, 1.807) is 12.1 Å². The molecular formula is C12H11BrN2O. The molecule has 0 atom stereocenters. The number of nitriles is 1. The van der Waals surface area contributed by atoms with Crippen LogP contribution in [0.1, 0.15) is 24.8 Å². The molecule has 2 rings (SSSR count). The third-order valence-corrected chi connectivity index (χ3v) is 3.33. The molecule has 0 bridgehead atoms. The molecule has 0 spiro atoms. The molecule has 0 unspecified atom stereocenters. The quantitative estimate of drug-likeness (QED) is 0.904. The lowest BCUT2D eigenvalue weighted by Crippen LogP contribution is -2.28. The summed E-state index contributed by atoms with van der Waals surface area (Å²) < 4.78 is 0.839. The maximum atomic E-state index is 11.7. The topological polar surface area (TPSA) is 52.9 Å². The molecule has 0 heterocycles. The van der Waals surface area contributed by atoms with Gasteiger partial charge in [0.15, 0.2) is 0 Å². The number of hydrogen-bond donors (Lipinski definition) is 1. The van der Waals surface area contributed by atoms with E-state index in [2.05, 4.69) is 27.3 Å². The summed E-state index contributed by atoms with van der Waals surface area (Å²) >= 11 is 3.29. The molecule has 1 amide bonds. The van der Waals surface area contributed by atoms with Crippen molar-refractivity contribution >= 4 is 27.5 Å². The Morgan fingerprint density at radius 2 is 2.25 bits per heavy atom. The summed E-state index contributed by atoms with van der Waals surface area (Å²) in [5.41, 5.74) is 1.09. The van der Waals surface area contributed by atoms with Gasteiger partial charge in [-0.05, 0) is 31.0 Å². The minimum Gasteiger partial charge on any atom is -0.325 e. The highest BCUT2D eigenvalue weighted by atomic mass is 79.9. The molecule has 0 aliphatic heterocycles. The third-order valence-electron chi connectivity index (χ3n) is 2.84. The number of halogens is 1. The minimum absolute atomic E-state index is 0.0325. The lowest BCUT2D eigenvalue weighted by molar-refractivity contribution is -0.122. The Morgan fingerprint density at radius 3 is 2.81 bits per heavy atom. The van der Waals surface area contributed by atoms with E-state index in [-0.39, 0.29) is 11.8 Å². The molecule has 1 fully saturated rings. The van der Waals surface area contributed by atoms with Crippen LogP contribution in [0.3, 0.4) is 0 Å². The summed E-state index contributed by atoms with van der Waals surface area (Å²) in [6.07, 6.45) is 3.05. The first-order valence-corrected chi connectivity index (χ1v) is 6.00. The molecule has 3 nitrogen and oxygen atoms in total. The average molecular weight is 279 g/mol. The molecule has 1 aromatic carbocycles. The van der Waals surface area contributed by atoms with Crippen molar-refractivity contribution in [3.8, 4) is 6.07 Å². The molecular weight excluding hydrogens is 268 g/mol. The average Bonchev–Trinajstić information content (AvgIpc) is 2.18. The number of rotatable bonds is 2. The van der Waals surface area contributed by atoms with Gasteiger partial charge < -0.3 is 5.32 Å². The number of amides is 1. The largest absolute Gasteiger partial charge is 0.325 e. The molecule has 0 saturated heterocycles. The van der Waals surface area contributed by atoms with Crippen molar-refractivity contribution in [1.29, 1.82) is 5.26 Å². The van der Waals surface area contributed by atoms with E-state index in [0.717, 1.165) is 23.7 Å². The van der Waals surface area contributed by atoms with Crippen molar-refractivity contribution < 1.29 is 4.79 Å². The first kappa shape index (κ1) is 11.2. The maximum absolute atomic E-state index is 11.7. The van der Waals surface area contributed by atoms with Crippen LogP contribution in [-0.2, 0) is 4.79 Å². The standard InChI is InChI=1S/C12H11BrN2O/c13-10-4-5-11(9(6-10)7-14)15-12(16)8-2-1-3-8/h4-6,8H,1-3H2,(H,15,16). The first-order chi connectivity index (χ1) is 7.70. The van der Waals surface area contributed by atoms with Crippen LogP contribution in [0.4, 0.5) is 5.69 Å². The van der Waals surface area contributed by atoms with Gasteiger partial charge in [0, 0.05) is 10.4 Å². The molecule has 82 valence electrons. The third kappa shape index (κ3) is 2.25. The van der Waals surface area contributed by atoms with Crippen LogP contribution in [-0.4, -0.2) is 5.91 Å². The highest BCUT2D eigenvalue weighted by Crippen LogP contribution is 2.28. The number of carbonyl (C=O) groups excluding carboxylic acids is 1. The van der Waals surface area contributed by atoms with Gasteiger partial charge in [-0.15, -0.1) is 0 Å². The highest BCUT2D eigenvalue weighted by Gasteiger charge is 2.25. The lowest BCUT2D eigenvalue weighted by atomic mass is 9.85. The van der Waals surface area contributed by atoms with Crippen molar-refractivity contribution in [3.63, 3.8) is 0 Å². The van der Waals surface area contributed by atoms with Crippen molar-refractivity contribution in [2.75, 3.05) is 5.32 Å². The van der Waals surface area contributed by atoms with Crippen LogP contribution in [0.2, 0.25) is 0 Å². The Balaban J connectivity index is 2.14. The number of carbonyl (C=O) groups is 1. The van der Waals surface area contributed by atoms with Crippen LogP contribution >= 0.6 is 15.9 Å². The fraction of sp³-hybridized carbons (Fsp3) is 0.333. The SMILES string of the molecule is N#Cc1cc(Br)ccc1NC(=O)C1CCC1. The Labute approximate surface area is 103 Å². The molecule has 0 aromatic heterocycles. The fourth-order valence-electron chi connectivity index (χ4n) is 1.62. The van der Waals surface area contributed by atoms with Gasteiger partial charge in [0.2, 0.25) is 5.91 Å². The Kier molecular flexibility index (Phi) is 3.25. The van der Waals surface area contributed by atoms with Crippen molar-refractivity contribution in [1.82, 2.24) is 0 Å². The van der Waals surface area contributed by atoms with Gasteiger partial charge >= 0.3 is 0 Å². The second-order valence-corrected chi connectivity index (χ2v) is 4.83. The summed E-state index contributed by atoms with van der Waals surface area (Å²) in [6.45, 7) is 0. The minimum atomic E-state index is 0.0325. The molecule has 1 aliphatic rings. The van der Waals surface area contributed by atoms with Gasteiger partial charge in [-0.3, -0.25) is 4.79 Å². The summed E-state index contributed by atoms with van der Waals surface area (Å²) in [4.78, 5) is 11.7. The van der Waals surface area contributed by atoms with Crippen molar-refractivity contribution in [2.45, 2.75) is 19.3 Å². The Bertz CT molecular complexity index is 461. The molecule has 1 N–H and O–H groups in total. The second-order valence-electron chi connectivity index (χ2n) is 3.92. The Morgan fingerprint density at radius 1 is 1.50 bits per heavy atom. The number of hydrogen-bond acceptors (Lipinski definition) is 2. The zero-order valence-electron chi connectivity index (χ0n) is 8.66. The summed E-state index contributed by atoms with van der Waals surface area (Å²) in [5.74, 6) is 0.167. The van der Waals surface area contributed by atoms with Gasteiger partial charge in [0.25, 0.3) is 0 Å². The number of anilines is 1. The van der Waals surface area contributed by atoms with Crippen LogP contribution < -0.4 is 5.32 Å².